The molecule has 0 radical (unpaired) electrons. The van der Waals surface area contributed by atoms with Crippen LogP contribution in [0.1, 0.15) is 6.42 Å². The quantitative estimate of drug-likeness (QED) is 0.657. The fourth-order valence-corrected chi connectivity index (χ4v) is 3.21. The summed E-state index contributed by atoms with van der Waals surface area (Å²) in [4.78, 5) is 24.1. The number of ether oxygens (including phenoxy) is 1. The van der Waals surface area contributed by atoms with Crippen molar-refractivity contribution < 1.29 is 14.3 Å². The second-order valence-corrected chi connectivity index (χ2v) is 5.78. The van der Waals surface area contributed by atoms with Gasteiger partial charge in [0.05, 0.1) is 22.1 Å². The molecule has 0 spiro atoms. The largest absolute Gasteiger partial charge is 0.497 e. The topological polar surface area (TPSA) is 58.4 Å². The molecule has 1 aromatic carbocycles. The standard InChI is InChI=1S/C12H13BrN2O3S/c1-18-8-2-3-9-10(6-8)19-12(15(9)17)4-5-14-11(16)7-13/h2-3,6,12H,4-5,7H2,1H3/p+1. The molecule has 1 aliphatic rings. The molecule has 102 valence electrons. The summed E-state index contributed by atoms with van der Waals surface area (Å²) in [7, 11) is 1.60. The van der Waals surface area contributed by atoms with Gasteiger partial charge < -0.3 is 10.1 Å². The Kier molecular flexibility index (Phi) is 4.81. The van der Waals surface area contributed by atoms with Crippen molar-refractivity contribution in [3.05, 3.63) is 23.1 Å². The van der Waals surface area contributed by atoms with Crippen LogP contribution in [0.3, 0.4) is 0 Å². The molecule has 5 nitrogen and oxygen atoms in total. The number of halogens is 1. The van der Waals surface area contributed by atoms with Gasteiger partial charge in [-0.05, 0) is 17.8 Å². The number of nitroso groups, excluding NO2 is 1. The molecule has 1 heterocycles. The lowest BCUT2D eigenvalue weighted by Crippen LogP contribution is -2.28. The number of carbonyl (C=O) groups excluding carboxylic acids is 1. The van der Waals surface area contributed by atoms with Crippen LogP contribution < -0.4 is 10.1 Å². The molecule has 0 aromatic heterocycles. The number of thioether (sulfide) groups is 1. The normalized spacial score (nSPS) is 17.2. The lowest BCUT2D eigenvalue weighted by Gasteiger charge is -2.02. The van der Waals surface area contributed by atoms with Crippen LogP contribution in [-0.2, 0) is 4.79 Å². The number of hydrogen-bond donors (Lipinski definition) is 1. The average molecular weight is 346 g/mol. The molecule has 0 bridgehead atoms. The summed E-state index contributed by atoms with van der Waals surface area (Å²) in [5.41, 5.74) is 0.669. The van der Waals surface area contributed by atoms with E-state index in [0.717, 1.165) is 15.4 Å². The van der Waals surface area contributed by atoms with Gasteiger partial charge in [-0.25, -0.2) is 0 Å². The third-order valence-electron chi connectivity index (χ3n) is 2.76. The Hall–Kier alpha value is -1.08. The minimum atomic E-state index is -0.197. The summed E-state index contributed by atoms with van der Waals surface area (Å²) in [6.07, 6.45) is 0.601. The molecule has 0 saturated heterocycles. The van der Waals surface area contributed by atoms with Crippen LogP contribution in [-0.4, -0.2) is 35.0 Å². The van der Waals surface area contributed by atoms with Crippen LogP contribution in [0, 0.1) is 4.91 Å². The van der Waals surface area contributed by atoms with Gasteiger partial charge in [0.2, 0.25) is 5.91 Å². The summed E-state index contributed by atoms with van der Waals surface area (Å²) in [5, 5.41) is 2.82. The number of nitrogens with one attached hydrogen (secondary N) is 1. The van der Waals surface area contributed by atoms with Crippen LogP contribution in [0.5, 0.6) is 5.75 Å². The van der Waals surface area contributed by atoms with Crippen molar-refractivity contribution in [2.45, 2.75) is 16.7 Å². The van der Waals surface area contributed by atoms with E-state index in [-0.39, 0.29) is 16.6 Å². The number of nitrogens with zero attached hydrogens (tertiary/aromatic N) is 1. The lowest BCUT2D eigenvalue weighted by atomic mass is 10.3. The predicted molar refractivity (Wildman–Crippen MR) is 77.3 cm³/mol. The summed E-state index contributed by atoms with van der Waals surface area (Å²) in [5.74, 6) is 0.674. The molecule has 0 saturated carbocycles. The molecule has 0 aliphatic carbocycles. The second-order valence-electron chi connectivity index (χ2n) is 4.00. The first kappa shape index (κ1) is 14.3. The zero-order chi connectivity index (χ0) is 13.8. The number of amides is 1. The minimum absolute atomic E-state index is 0.0698. The zero-order valence-electron chi connectivity index (χ0n) is 10.4. The monoisotopic (exact) mass is 345 g/mol. The number of carbonyl (C=O) groups is 1. The Labute approximate surface area is 123 Å². The van der Waals surface area contributed by atoms with E-state index >= 15 is 0 Å². The van der Waals surface area contributed by atoms with Crippen LogP contribution in [0.4, 0.5) is 5.69 Å². The maximum atomic E-state index is 12.1. The third-order valence-corrected chi connectivity index (χ3v) is 4.55. The minimum Gasteiger partial charge on any atom is -0.497 e. The van der Waals surface area contributed by atoms with Gasteiger partial charge in [0.25, 0.3) is 11.1 Å². The molecule has 1 atom stereocenters. The highest BCUT2D eigenvalue weighted by Gasteiger charge is 2.39. The van der Waals surface area contributed by atoms with E-state index < -0.39 is 0 Å². The maximum absolute atomic E-state index is 12.1. The Morgan fingerprint density at radius 1 is 1.58 bits per heavy atom. The summed E-state index contributed by atoms with van der Waals surface area (Å²) in [6.45, 7) is 0.492. The molecule has 1 amide bonds. The van der Waals surface area contributed by atoms with Crippen molar-refractivity contribution in [2.24, 2.45) is 0 Å². The molecule has 1 N–H and O–H groups in total. The van der Waals surface area contributed by atoms with Crippen LogP contribution in [0.15, 0.2) is 23.1 Å². The third kappa shape index (κ3) is 3.27. The number of rotatable bonds is 5. The molecule has 0 fully saturated rings. The number of alkyl halides is 1. The Bertz CT molecular complexity index is 510. The Morgan fingerprint density at radius 3 is 3.05 bits per heavy atom. The van der Waals surface area contributed by atoms with Crippen LogP contribution in [0.25, 0.3) is 0 Å². The van der Waals surface area contributed by atoms with E-state index in [0.29, 0.717) is 18.7 Å². The van der Waals surface area contributed by atoms with E-state index in [1.165, 1.54) is 11.8 Å². The molecule has 1 unspecified atom stereocenters. The highest BCUT2D eigenvalue weighted by Crippen LogP contribution is 2.44. The van der Waals surface area contributed by atoms with Gasteiger partial charge in [-0.15, -0.1) is 0 Å². The fraction of sp³-hybridized carbons (Fsp3) is 0.417. The van der Waals surface area contributed by atoms with Crippen molar-refractivity contribution in [3.8, 4) is 5.75 Å². The summed E-state index contributed by atoms with van der Waals surface area (Å²) in [6, 6.07) is 5.41. The van der Waals surface area contributed by atoms with Crippen molar-refractivity contribution in [1.82, 2.24) is 5.32 Å². The molecule has 1 aliphatic heterocycles. The highest BCUT2D eigenvalue weighted by molar-refractivity contribution is 9.09. The molecule has 2 rings (SSSR count). The zero-order valence-corrected chi connectivity index (χ0v) is 12.8. The molecule has 1 aromatic rings. The van der Waals surface area contributed by atoms with Crippen molar-refractivity contribution >= 4 is 39.3 Å². The lowest BCUT2D eigenvalue weighted by molar-refractivity contribution is -0.476. The summed E-state index contributed by atoms with van der Waals surface area (Å²) >= 11 is 4.58. The van der Waals surface area contributed by atoms with E-state index in [4.69, 9.17) is 4.74 Å². The SMILES string of the molecule is COc1ccc2c(c1)SC(CCNC(=O)CBr)[N+]2=O. The van der Waals surface area contributed by atoms with Gasteiger partial charge >= 0.3 is 0 Å². The van der Waals surface area contributed by atoms with Gasteiger partial charge in [0.15, 0.2) is 0 Å². The van der Waals surface area contributed by atoms with Crippen molar-refractivity contribution in [1.29, 1.82) is 0 Å². The Morgan fingerprint density at radius 2 is 2.37 bits per heavy atom. The van der Waals surface area contributed by atoms with E-state index in [2.05, 4.69) is 21.2 Å². The predicted octanol–water partition coefficient (Wildman–Crippen LogP) is 2.44. The highest BCUT2D eigenvalue weighted by atomic mass is 79.9. The van der Waals surface area contributed by atoms with Crippen molar-refractivity contribution in [3.63, 3.8) is 0 Å². The number of benzene rings is 1. The number of methoxy groups -OCH3 is 1. The van der Waals surface area contributed by atoms with Gasteiger partial charge in [0.1, 0.15) is 5.75 Å². The molecular weight excluding hydrogens is 332 g/mol. The van der Waals surface area contributed by atoms with Gasteiger partial charge in [-0.1, -0.05) is 15.9 Å². The fourth-order valence-electron chi connectivity index (χ4n) is 1.81. The summed E-state index contributed by atoms with van der Waals surface area (Å²) < 4.78 is 6.14. The van der Waals surface area contributed by atoms with Crippen LogP contribution >= 0.6 is 27.7 Å². The smallest absolute Gasteiger partial charge is 0.271 e. The first-order valence-corrected chi connectivity index (χ1v) is 7.79. The molecule has 19 heavy (non-hydrogen) atoms. The number of fused-ring (bicyclic) bond motifs is 1. The van der Waals surface area contributed by atoms with Crippen molar-refractivity contribution in [2.75, 3.05) is 19.0 Å². The van der Waals surface area contributed by atoms with E-state index in [9.17, 15) is 9.70 Å². The van der Waals surface area contributed by atoms with Gasteiger partial charge in [-0.2, -0.15) is 0 Å². The molecule has 7 heteroatoms. The molecular formula is C12H14BrN2O3S+. The second kappa shape index (κ2) is 6.38. The first-order chi connectivity index (χ1) is 9.15. The van der Waals surface area contributed by atoms with E-state index in [1.807, 2.05) is 6.07 Å². The van der Waals surface area contributed by atoms with E-state index in [1.54, 1.807) is 19.2 Å². The average Bonchev–Trinajstić information content (AvgIpc) is 2.74. The first-order valence-electron chi connectivity index (χ1n) is 5.79. The van der Waals surface area contributed by atoms with Gasteiger partial charge in [-0.3, -0.25) is 4.79 Å². The Balaban J connectivity index is 1.96. The maximum Gasteiger partial charge on any atom is 0.271 e. The van der Waals surface area contributed by atoms with Crippen LogP contribution in [0.2, 0.25) is 0 Å². The van der Waals surface area contributed by atoms with Gasteiger partial charge in [0, 0.05) is 30.0 Å². The number of hydrogen-bond acceptors (Lipinski definition) is 4.